The molecule has 2 saturated heterocycles. The smallest absolute Gasteiger partial charge is 0.410 e. The predicted octanol–water partition coefficient (Wildman–Crippen LogP) is 3.77. The zero-order valence-electron chi connectivity index (χ0n) is 23.1. The minimum atomic E-state index is -0.784. The maximum atomic E-state index is 13.6. The van der Waals surface area contributed by atoms with Crippen molar-refractivity contribution in [1.82, 2.24) is 14.7 Å². The number of ether oxygens (including phenoxy) is 2. The Kier molecular flexibility index (Phi) is 9.19. The van der Waals surface area contributed by atoms with Crippen LogP contribution in [0.1, 0.15) is 31.4 Å². The van der Waals surface area contributed by atoms with E-state index in [1.807, 2.05) is 13.8 Å². The molecule has 0 spiro atoms. The maximum Gasteiger partial charge on any atom is 0.410 e. The fourth-order valence-electron chi connectivity index (χ4n) is 5.02. The van der Waals surface area contributed by atoms with Crippen LogP contribution in [0.15, 0.2) is 48.5 Å². The molecular weight excluding hydrogens is 570 g/mol. The molecule has 2 atom stereocenters. The van der Waals surface area contributed by atoms with Crippen molar-refractivity contribution in [3.63, 3.8) is 0 Å². The number of thiol groups is 1. The lowest BCUT2D eigenvalue weighted by Crippen LogP contribution is -2.64. The monoisotopic (exact) mass is 601 g/mol. The topological polar surface area (TPSA) is 166 Å². The number of amides is 3. The molecule has 2 fully saturated rings. The molecule has 224 valence electrons. The average molecular weight is 602 g/mol. The van der Waals surface area contributed by atoms with Gasteiger partial charge in [0.15, 0.2) is 0 Å². The molecule has 2 aliphatic rings. The molecule has 2 aromatic rings. The van der Waals surface area contributed by atoms with Crippen LogP contribution in [0.3, 0.4) is 0 Å². The van der Waals surface area contributed by atoms with Crippen LogP contribution in [0.4, 0.5) is 21.0 Å². The number of hydrogen-bond donors (Lipinski definition) is 1. The molecule has 3 amide bonds. The van der Waals surface area contributed by atoms with Gasteiger partial charge in [0.1, 0.15) is 19.3 Å². The van der Waals surface area contributed by atoms with E-state index >= 15 is 0 Å². The van der Waals surface area contributed by atoms with E-state index in [4.69, 9.17) is 9.47 Å². The summed E-state index contributed by atoms with van der Waals surface area (Å²) in [6, 6.07) is 10.6. The Morgan fingerprint density at radius 1 is 0.881 bits per heavy atom. The fourth-order valence-corrected chi connectivity index (χ4v) is 5.40. The van der Waals surface area contributed by atoms with Gasteiger partial charge in [-0.05, 0) is 55.7 Å². The van der Waals surface area contributed by atoms with Crippen LogP contribution in [-0.4, -0.2) is 85.6 Å². The highest BCUT2D eigenvalue weighted by Gasteiger charge is 2.45. The van der Waals surface area contributed by atoms with Gasteiger partial charge in [-0.3, -0.25) is 34.8 Å². The first-order valence-electron chi connectivity index (χ1n) is 13.2. The second kappa shape index (κ2) is 12.6. The Bertz CT molecular complexity index is 1350. The zero-order valence-corrected chi connectivity index (χ0v) is 24.0. The fraction of sp³-hybridized carbons (Fsp3) is 0.444. The molecule has 42 heavy (non-hydrogen) atoms. The Hall–Kier alpha value is -4.40. The zero-order chi connectivity index (χ0) is 30.6. The lowest BCUT2D eigenvalue weighted by molar-refractivity contribution is -0.385. The normalized spacial score (nSPS) is 19.7. The second-order valence-corrected chi connectivity index (χ2v) is 11.5. The highest BCUT2D eigenvalue weighted by atomic mass is 32.1. The summed E-state index contributed by atoms with van der Waals surface area (Å²) in [6.07, 6.45) is -0.916. The Morgan fingerprint density at radius 2 is 1.38 bits per heavy atom. The predicted molar refractivity (Wildman–Crippen MR) is 152 cm³/mol. The van der Waals surface area contributed by atoms with E-state index in [-0.39, 0.29) is 61.9 Å². The van der Waals surface area contributed by atoms with E-state index in [2.05, 4.69) is 12.6 Å². The van der Waals surface area contributed by atoms with Crippen molar-refractivity contribution < 1.29 is 33.7 Å². The number of piperazine rings is 1. The van der Waals surface area contributed by atoms with E-state index in [0.717, 1.165) is 0 Å². The lowest BCUT2D eigenvalue weighted by Gasteiger charge is -2.47. The van der Waals surface area contributed by atoms with E-state index in [1.165, 1.54) is 58.3 Å². The minimum absolute atomic E-state index is 0.0604. The van der Waals surface area contributed by atoms with Crippen molar-refractivity contribution in [1.29, 1.82) is 0 Å². The molecule has 0 N–H and O–H groups in total. The quantitative estimate of drug-likeness (QED) is 0.282. The number of benzene rings is 2. The van der Waals surface area contributed by atoms with Crippen LogP contribution in [0, 0.1) is 20.2 Å². The molecule has 15 heteroatoms. The Labute approximate surface area is 246 Å². The Balaban J connectivity index is 1.33. The number of likely N-dealkylation sites (tertiary alicyclic amines) is 1. The molecule has 2 unspecified atom stereocenters. The van der Waals surface area contributed by atoms with Crippen LogP contribution in [0.2, 0.25) is 0 Å². The number of nitrogens with zero attached hydrogens (tertiary/aromatic N) is 5. The van der Waals surface area contributed by atoms with Crippen molar-refractivity contribution in [2.45, 2.75) is 50.3 Å². The maximum absolute atomic E-state index is 13.6. The first-order chi connectivity index (χ1) is 19.9. The summed E-state index contributed by atoms with van der Waals surface area (Å²) >= 11 is 4.49. The van der Waals surface area contributed by atoms with Crippen LogP contribution in [0.5, 0.6) is 0 Å². The second-order valence-electron chi connectivity index (χ2n) is 10.7. The summed E-state index contributed by atoms with van der Waals surface area (Å²) in [6.45, 7) is 4.31. The van der Waals surface area contributed by atoms with Gasteiger partial charge in [-0.1, -0.05) is 0 Å². The van der Waals surface area contributed by atoms with E-state index in [1.54, 1.807) is 4.90 Å². The largest absolute Gasteiger partial charge is 0.445 e. The summed E-state index contributed by atoms with van der Waals surface area (Å²) in [5.74, 6) is -0.272. The summed E-state index contributed by atoms with van der Waals surface area (Å²) in [7, 11) is 0. The third kappa shape index (κ3) is 7.08. The molecule has 0 aromatic heterocycles. The Morgan fingerprint density at radius 3 is 1.86 bits per heavy atom. The molecule has 4 rings (SSSR count). The number of hydrogen-bond acceptors (Lipinski definition) is 10. The molecule has 0 bridgehead atoms. The van der Waals surface area contributed by atoms with Crippen molar-refractivity contribution in [3.05, 3.63) is 79.9 Å². The van der Waals surface area contributed by atoms with E-state index in [0.29, 0.717) is 17.5 Å². The molecule has 2 aromatic carbocycles. The first-order valence-corrected chi connectivity index (χ1v) is 13.7. The number of non-ortho nitro benzene ring substituents is 2. The number of carbonyl (C=O) groups excluding carboxylic acids is 3. The molecule has 0 aliphatic carbocycles. The number of nitro benzene ring substituents is 2. The summed E-state index contributed by atoms with van der Waals surface area (Å²) in [4.78, 5) is 64.6. The summed E-state index contributed by atoms with van der Waals surface area (Å²) in [5, 5.41) is 21.4. The third-order valence-electron chi connectivity index (χ3n) is 7.25. The molecule has 0 radical (unpaired) electrons. The number of rotatable bonds is 7. The van der Waals surface area contributed by atoms with Gasteiger partial charge in [-0.25, -0.2) is 9.59 Å². The van der Waals surface area contributed by atoms with Gasteiger partial charge in [0.25, 0.3) is 11.4 Å². The first kappa shape index (κ1) is 30.6. The molecule has 2 heterocycles. The molecule has 14 nitrogen and oxygen atoms in total. The molecule has 2 aliphatic heterocycles. The van der Waals surface area contributed by atoms with Crippen molar-refractivity contribution in [2.75, 3.05) is 26.2 Å². The van der Waals surface area contributed by atoms with E-state index in [9.17, 15) is 34.6 Å². The number of carbonyl (C=O) groups is 3. The SMILES string of the molecule is CC1(C)CN(C(=O)C2CC(S)CN2C(=O)OCc2ccc([N+](=O)[O-])cc2)CCN1C(=O)OCc1ccc([N+](=O)[O-])cc1. The molecular formula is C27H31N5O9S. The minimum Gasteiger partial charge on any atom is -0.445 e. The number of nitro groups is 2. The van der Waals surface area contributed by atoms with Crippen LogP contribution in [0.25, 0.3) is 0 Å². The van der Waals surface area contributed by atoms with Gasteiger partial charge in [0.2, 0.25) is 5.91 Å². The highest BCUT2D eigenvalue weighted by Crippen LogP contribution is 2.28. The van der Waals surface area contributed by atoms with Gasteiger partial charge in [0.05, 0.1) is 15.4 Å². The average Bonchev–Trinajstić information content (AvgIpc) is 3.35. The molecule has 0 saturated carbocycles. The van der Waals surface area contributed by atoms with Crippen molar-refractivity contribution in [3.8, 4) is 0 Å². The summed E-state index contributed by atoms with van der Waals surface area (Å²) < 4.78 is 10.9. The third-order valence-corrected chi connectivity index (χ3v) is 7.63. The van der Waals surface area contributed by atoms with Crippen LogP contribution in [-0.2, 0) is 27.5 Å². The van der Waals surface area contributed by atoms with Gasteiger partial charge in [-0.2, -0.15) is 12.6 Å². The summed E-state index contributed by atoms with van der Waals surface area (Å²) in [5.41, 5.74) is 0.255. The van der Waals surface area contributed by atoms with Gasteiger partial charge < -0.3 is 14.4 Å². The highest BCUT2D eigenvalue weighted by molar-refractivity contribution is 7.81. The lowest BCUT2D eigenvalue weighted by atomic mass is 9.98. The van der Waals surface area contributed by atoms with Gasteiger partial charge in [0, 0.05) is 55.7 Å². The van der Waals surface area contributed by atoms with Crippen LogP contribution >= 0.6 is 12.6 Å². The van der Waals surface area contributed by atoms with E-state index < -0.39 is 33.6 Å². The van der Waals surface area contributed by atoms with Gasteiger partial charge >= 0.3 is 12.2 Å². The van der Waals surface area contributed by atoms with Crippen molar-refractivity contribution >= 4 is 42.1 Å². The van der Waals surface area contributed by atoms with Gasteiger partial charge in [-0.15, -0.1) is 0 Å². The van der Waals surface area contributed by atoms with Crippen LogP contribution < -0.4 is 0 Å². The standard InChI is InChI=1S/C27H31N5O9S/c1-27(2)17-28(11-12-30(27)26(35)41-16-19-5-9-21(10-6-19)32(38)39)24(33)23-13-22(42)14-29(23)25(34)40-15-18-3-7-20(8-4-18)31(36)37/h3-10,22-23,42H,11-17H2,1-2H3. The van der Waals surface area contributed by atoms with Crippen molar-refractivity contribution in [2.24, 2.45) is 0 Å².